The van der Waals surface area contributed by atoms with Crippen LogP contribution in [0.25, 0.3) is 0 Å². The molecular weight excluding hydrogens is 352 g/mol. The van der Waals surface area contributed by atoms with Gasteiger partial charge >= 0.3 is 0 Å². The van der Waals surface area contributed by atoms with Crippen molar-refractivity contribution in [1.82, 2.24) is 0 Å². The van der Waals surface area contributed by atoms with Crippen LogP contribution < -0.4 is 0 Å². The predicted octanol–water partition coefficient (Wildman–Crippen LogP) is 7.09. The van der Waals surface area contributed by atoms with Gasteiger partial charge in [0, 0.05) is 6.61 Å². The highest BCUT2D eigenvalue weighted by atomic mass is 28.4. The molecule has 164 valence electrons. The topological polar surface area (TPSA) is 38.7 Å². The van der Waals surface area contributed by atoms with Crippen LogP contribution in [-0.2, 0) is 9.16 Å². The van der Waals surface area contributed by atoms with Crippen LogP contribution >= 0.6 is 0 Å². The summed E-state index contributed by atoms with van der Waals surface area (Å²) in [5, 5.41) is 10.2. The lowest BCUT2D eigenvalue weighted by atomic mass is 10.1. The number of aliphatic hydroxyl groups excluding tert-OH is 1. The predicted molar refractivity (Wildman–Crippen MR) is 121 cm³/mol. The van der Waals surface area contributed by atoms with Crippen molar-refractivity contribution in [3.8, 4) is 0 Å². The van der Waals surface area contributed by atoms with E-state index in [2.05, 4.69) is 40.8 Å². The second-order valence-electron chi connectivity index (χ2n) is 9.69. The van der Waals surface area contributed by atoms with Gasteiger partial charge in [-0.1, -0.05) is 98.3 Å². The molecular formula is C23H50O3Si. The van der Waals surface area contributed by atoms with Crippen LogP contribution in [0.5, 0.6) is 0 Å². The van der Waals surface area contributed by atoms with Crippen molar-refractivity contribution in [1.29, 1.82) is 0 Å². The van der Waals surface area contributed by atoms with Crippen molar-refractivity contribution in [2.24, 2.45) is 0 Å². The molecule has 0 bridgehead atoms. The molecule has 0 aromatic heterocycles. The van der Waals surface area contributed by atoms with E-state index in [-0.39, 0.29) is 5.04 Å². The van der Waals surface area contributed by atoms with Gasteiger partial charge in [0.15, 0.2) is 8.32 Å². The fraction of sp³-hybridized carbons (Fsp3) is 1.00. The standard InChI is InChI=1S/C23H50O3Si/c1-7-8-9-10-11-12-13-14-15-16-17-18-19-25-20-22(24)21-26-27(5,6)23(2,3)4/h22,24H,7-21H2,1-6H3/t22-/m1/s1. The van der Waals surface area contributed by atoms with E-state index in [1.165, 1.54) is 70.6 Å². The van der Waals surface area contributed by atoms with Crippen LogP contribution in [0, 0.1) is 0 Å². The number of rotatable bonds is 18. The van der Waals surface area contributed by atoms with Gasteiger partial charge in [0.2, 0.25) is 0 Å². The summed E-state index contributed by atoms with van der Waals surface area (Å²) in [4.78, 5) is 0. The average Bonchev–Trinajstić information content (AvgIpc) is 2.59. The van der Waals surface area contributed by atoms with Crippen LogP contribution in [0.3, 0.4) is 0 Å². The zero-order chi connectivity index (χ0) is 20.6. The summed E-state index contributed by atoms with van der Waals surface area (Å²) in [6, 6.07) is 0. The molecule has 0 radical (unpaired) electrons. The minimum Gasteiger partial charge on any atom is -0.414 e. The molecule has 3 nitrogen and oxygen atoms in total. The van der Waals surface area contributed by atoms with Crippen molar-refractivity contribution in [3.05, 3.63) is 0 Å². The van der Waals surface area contributed by atoms with Gasteiger partial charge < -0.3 is 14.3 Å². The van der Waals surface area contributed by atoms with E-state index in [4.69, 9.17) is 9.16 Å². The number of hydrogen-bond acceptors (Lipinski definition) is 3. The second-order valence-corrected chi connectivity index (χ2v) is 14.5. The maximum absolute atomic E-state index is 10.0. The molecule has 4 heteroatoms. The molecule has 0 aromatic carbocycles. The van der Waals surface area contributed by atoms with Crippen molar-refractivity contribution < 1.29 is 14.3 Å². The maximum Gasteiger partial charge on any atom is 0.192 e. The number of unbranched alkanes of at least 4 members (excludes halogenated alkanes) is 11. The Morgan fingerprint density at radius 3 is 1.63 bits per heavy atom. The SMILES string of the molecule is CCCCCCCCCCCCCCOC[C@@H](O)CO[Si](C)(C)C(C)(C)C. The lowest BCUT2D eigenvalue weighted by Gasteiger charge is -2.36. The van der Waals surface area contributed by atoms with Crippen molar-refractivity contribution in [2.75, 3.05) is 19.8 Å². The van der Waals surface area contributed by atoms with Gasteiger partial charge in [0.05, 0.1) is 19.3 Å². The highest BCUT2D eigenvalue weighted by Gasteiger charge is 2.37. The fourth-order valence-corrected chi connectivity index (χ4v) is 3.88. The van der Waals surface area contributed by atoms with Crippen LogP contribution in [0.4, 0.5) is 0 Å². The van der Waals surface area contributed by atoms with E-state index < -0.39 is 14.4 Å². The van der Waals surface area contributed by atoms with Crippen LogP contribution in [-0.4, -0.2) is 39.3 Å². The lowest BCUT2D eigenvalue weighted by molar-refractivity contribution is 0.00808. The van der Waals surface area contributed by atoms with E-state index in [1.807, 2.05) is 0 Å². The first-order valence-corrected chi connectivity index (χ1v) is 14.5. The van der Waals surface area contributed by atoms with Crippen molar-refractivity contribution >= 4 is 8.32 Å². The molecule has 0 saturated heterocycles. The molecule has 0 amide bonds. The molecule has 0 unspecified atom stereocenters. The third-order valence-electron chi connectivity index (χ3n) is 5.90. The molecule has 0 saturated carbocycles. The Kier molecular flexibility index (Phi) is 16.0. The molecule has 0 spiro atoms. The Morgan fingerprint density at radius 2 is 1.19 bits per heavy atom. The first kappa shape index (κ1) is 27.1. The molecule has 0 aliphatic carbocycles. The second kappa shape index (κ2) is 16.0. The fourth-order valence-electron chi connectivity index (χ4n) is 2.83. The number of ether oxygens (including phenoxy) is 1. The normalized spacial score (nSPS) is 13.9. The molecule has 0 heterocycles. The minimum atomic E-state index is -1.77. The summed E-state index contributed by atoms with van der Waals surface area (Å²) in [5.74, 6) is 0. The van der Waals surface area contributed by atoms with Gasteiger partial charge in [0.1, 0.15) is 0 Å². The molecule has 1 N–H and O–H groups in total. The summed E-state index contributed by atoms with van der Waals surface area (Å²) in [6.07, 6.45) is 15.8. The molecule has 0 fully saturated rings. The molecule has 0 rings (SSSR count). The van der Waals surface area contributed by atoms with E-state index in [1.54, 1.807) is 0 Å². The third-order valence-corrected chi connectivity index (χ3v) is 10.4. The Bertz CT molecular complexity index is 326. The van der Waals surface area contributed by atoms with Gasteiger partial charge in [-0.25, -0.2) is 0 Å². The molecule has 27 heavy (non-hydrogen) atoms. The largest absolute Gasteiger partial charge is 0.414 e. The van der Waals surface area contributed by atoms with E-state index >= 15 is 0 Å². The average molecular weight is 403 g/mol. The maximum atomic E-state index is 10.0. The Hall–Kier alpha value is 0.0969. The smallest absolute Gasteiger partial charge is 0.192 e. The van der Waals surface area contributed by atoms with Crippen molar-refractivity contribution in [3.63, 3.8) is 0 Å². The molecule has 0 aliphatic heterocycles. The first-order valence-electron chi connectivity index (χ1n) is 11.6. The summed E-state index contributed by atoms with van der Waals surface area (Å²) in [5.41, 5.74) is 0. The molecule has 0 aromatic rings. The lowest BCUT2D eigenvalue weighted by Crippen LogP contribution is -2.43. The Balaban J connectivity index is 3.37. The highest BCUT2D eigenvalue weighted by Crippen LogP contribution is 2.36. The van der Waals surface area contributed by atoms with E-state index in [0.29, 0.717) is 13.2 Å². The summed E-state index contributed by atoms with van der Waals surface area (Å²) >= 11 is 0. The zero-order valence-corrected chi connectivity index (χ0v) is 20.4. The summed E-state index contributed by atoms with van der Waals surface area (Å²) in [7, 11) is -1.77. The van der Waals surface area contributed by atoms with Gasteiger partial charge in [-0.3, -0.25) is 0 Å². The number of hydrogen-bond donors (Lipinski definition) is 1. The monoisotopic (exact) mass is 402 g/mol. The summed E-state index contributed by atoms with van der Waals surface area (Å²) < 4.78 is 11.7. The molecule has 1 atom stereocenters. The highest BCUT2D eigenvalue weighted by molar-refractivity contribution is 6.74. The quantitative estimate of drug-likeness (QED) is 0.196. The van der Waals surface area contributed by atoms with Crippen molar-refractivity contribution in [2.45, 2.75) is 129 Å². The third kappa shape index (κ3) is 15.7. The Labute approximate surface area is 171 Å². The number of aliphatic hydroxyl groups is 1. The summed E-state index contributed by atoms with van der Waals surface area (Å²) in [6.45, 7) is 14.9. The van der Waals surface area contributed by atoms with Crippen LogP contribution in [0.1, 0.15) is 105 Å². The zero-order valence-electron chi connectivity index (χ0n) is 19.4. The first-order chi connectivity index (χ1) is 12.7. The Morgan fingerprint density at radius 1 is 0.741 bits per heavy atom. The van der Waals surface area contributed by atoms with E-state index in [0.717, 1.165) is 13.0 Å². The van der Waals surface area contributed by atoms with Gasteiger partial charge in [-0.05, 0) is 24.6 Å². The van der Waals surface area contributed by atoms with Gasteiger partial charge in [-0.15, -0.1) is 0 Å². The van der Waals surface area contributed by atoms with Gasteiger partial charge in [0.25, 0.3) is 0 Å². The minimum absolute atomic E-state index is 0.183. The van der Waals surface area contributed by atoms with E-state index in [9.17, 15) is 5.11 Å². The van der Waals surface area contributed by atoms with Crippen LogP contribution in [0.2, 0.25) is 18.1 Å². The molecule has 0 aliphatic rings. The van der Waals surface area contributed by atoms with Crippen LogP contribution in [0.15, 0.2) is 0 Å². The van der Waals surface area contributed by atoms with Gasteiger partial charge in [-0.2, -0.15) is 0 Å².